The number of halogens is 1. The molecule has 7 heteroatoms. The molecule has 0 bridgehead atoms. The van der Waals surface area contributed by atoms with Crippen LogP contribution < -0.4 is 15.8 Å². The molecule has 0 unspecified atom stereocenters. The fourth-order valence-electron chi connectivity index (χ4n) is 2.01. The van der Waals surface area contributed by atoms with Crippen molar-refractivity contribution in [2.45, 2.75) is 11.4 Å². The maximum atomic E-state index is 11.3. The minimum Gasteiger partial charge on any atom is -0.398 e. The van der Waals surface area contributed by atoms with Crippen LogP contribution in [0.4, 0.5) is 11.4 Å². The number of rotatable bonds is 4. The van der Waals surface area contributed by atoms with Crippen LogP contribution in [0.2, 0.25) is 0 Å². The average Bonchev–Trinajstić information content (AvgIpc) is 2.39. The molecule has 0 aliphatic carbocycles. The van der Waals surface area contributed by atoms with Gasteiger partial charge in [-0.25, -0.2) is 13.6 Å². The normalized spacial score (nSPS) is 11.4. The summed E-state index contributed by atoms with van der Waals surface area (Å²) in [5.74, 6) is 0. The molecule has 0 aliphatic heterocycles. The minimum atomic E-state index is -3.79. The van der Waals surface area contributed by atoms with E-state index in [2.05, 4.69) is 15.9 Å². The number of benzene rings is 2. The molecule has 0 aliphatic rings. The van der Waals surface area contributed by atoms with E-state index in [1.54, 1.807) is 12.1 Å². The summed E-state index contributed by atoms with van der Waals surface area (Å²) in [5, 5.41) is 5.10. The van der Waals surface area contributed by atoms with Crippen molar-refractivity contribution in [2.24, 2.45) is 5.14 Å². The number of hydrogen-bond acceptors (Lipinski definition) is 4. The molecule has 2 aromatic carbocycles. The highest BCUT2D eigenvalue weighted by Gasteiger charge is 2.14. The van der Waals surface area contributed by atoms with Crippen LogP contribution in [0, 0.1) is 0 Å². The van der Waals surface area contributed by atoms with Crippen molar-refractivity contribution in [3.8, 4) is 0 Å². The fourth-order valence-corrected chi connectivity index (χ4v) is 3.06. The smallest absolute Gasteiger partial charge is 0.240 e. The molecule has 2 rings (SSSR count). The highest BCUT2D eigenvalue weighted by molar-refractivity contribution is 9.10. The van der Waals surface area contributed by atoms with Gasteiger partial charge in [-0.1, -0.05) is 34.1 Å². The number of nitrogens with zero attached hydrogens (tertiary/aromatic N) is 1. The van der Waals surface area contributed by atoms with Crippen LogP contribution in [0.15, 0.2) is 51.8 Å². The first-order valence-electron chi connectivity index (χ1n) is 6.16. The van der Waals surface area contributed by atoms with E-state index in [0.29, 0.717) is 6.54 Å². The van der Waals surface area contributed by atoms with Crippen LogP contribution in [-0.2, 0) is 16.6 Å². The van der Waals surface area contributed by atoms with E-state index in [1.165, 1.54) is 6.07 Å². The van der Waals surface area contributed by atoms with E-state index in [-0.39, 0.29) is 10.6 Å². The number of nitrogen functional groups attached to an aromatic ring is 1. The lowest BCUT2D eigenvalue weighted by Crippen LogP contribution is -2.18. The van der Waals surface area contributed by atoms with E-state index in [4.69, 9.17) is 10.9 Å². The zero-order chi connectivity index (χ0) is 15.6. The largest absolute Gasteiger partial charge is 0.398 e. The van der Waals surface area contributed by atoms with Crippen molar-refractivity contribution in [1.29, 1.82) is 0 Å². The van der Waals surface area contributed by atoms with Crippen LogP contribution in [0.25, 0.3) is 0 Å². The Morgan fingerprint density at radius 3 is 2.43 bits per heavy atom. The second kappa shape index (κ2) is 6.05. The number of anilines is 2. The van der Waals surface area contributed by atoms with Gasteiger partial charge in [0, 0.05) is 23.8 Å². The van der Waals surface area contributed by atoms with Gasteiger partial charge in [-0.2, -0.15) is 0 Å². The third kappa shape index (κ3) is 3.75. The van der Waals surface area contributed by atoms with Gasteiger partial charge in [0.15, 0.2) is 0 Å². The molecule has 0 saturated carbocycles. The molecule has 5 nitrogen and oxygen atoms in total. The number of nitrogens with two attached hydrogens (primary N) is 2. The predicted molar refractivity (Wildman–Crippen MR) is 88.5 cm³/mol. The molecule has 0 aromatic heterocycles. The highest BCUT2D eigenvalue weighted by Crippen LogP contribution is 2.26. The van der Waals surface area contributed by atoms with E-state index in [1.807, 2.05) is 36.2 Å². The third-order valence-corrected chi connectivity index (χ3v) is 4.86. The second-order valence-electron chi connectivity index (χ2n) is 4.71. The predicted octanol–water partition coefficient (Wildman–Crippen LogP) is 2.32. The number of hydrogen-bond donors (Lipinski definition) is 2. The quantitative estimate of drug-likeness (QED) is 0.809. The Morgan fingerprint density at radius 1 is 1.19 bits per heavy atom. The zero-order valence-corrected chi connectivity index (χ0v) is 13.9. The average molecular weight is 370 g/mol. The molecular weight excluding hydrogens is 354 g/mol. The van der Waals surface area contributed by atoms with Gasteiger partial charge < -0.3 is 10.6 Å². The molecule has 112 valence electrons. The maximum absolute atomic E-state index is 11.3. The lowest BCUT2D eigenvalue weighted by Gasteiger charge is -2.21. The number of sulfonamides is 1. The van der Waals surface area contributed by atoms with Gasteiger partial charge in [0.25, 0.3) is 0 Å². The second-order valence-corrected chi connectivity index (χ2v) is 7.10. The van der Waals surface area contributed by atoms with Gasteiger partial charge in [0.1, 0.15) is 4.90 Å². The Labute approximate surface area is 132 Å². The number of primary sulfonamides is 1. The topological polar surface area (TPSA) is 89.4 Å². The van der Waals surface area contributed by atoms with E-state index in [9.17, 15) is 8.42 Å². The SMILES string of the molecule is CN(Cc1ccccc1Br)c1ccc(S(N)(=O)=O)c(N)c1. The van der Waals surface area contributed by atoms with E-state index in [0.717, 1.165) is 15.7 Å². The Balaban J connectivity index is 2.27. The van der Waals surface area contributed by atoms with Crippen LogP contribution in [-0.4, -0.2) is 15.5 Å². The molecule has 21 heavy (non-hydrogen) atoms. The van der Waals surface area contributed by atoms with Crippen LogP contribution in [0.1, 0.15) is 5.56 Å². The Hall–Kier alpha value is -1.57. The van der Waals surface area contributed by atoms with Gasteiger partial charge in [0.2, 0.25) is 10.0 Å². The van der Waals surface area contributed by atoms with Crippen molar-refractivity contribution in [3.63, 3.8) is 0 Å². The summed E-state index contributed by atoms with van der Waals surface area (Å²) < 4.78 is 23.7. The summed E-state index contributed by atoms with van der Waals surface area (Å²) in [6.45, 7) is 0.662. The third-order valence-electron chi connectivity index (χ3n) is 3.11. The molecule has 0 saturated heterocycles. The van der Waals surface area contributed by atoms with Gasteiger partial charge in [-0.05, 0) is 29.8 Å². The van der Waals surface area contributed by atoms with E-state index >= 15 is 0 Å². The van der Waals surface area contributed by atoms with Crippen molar-refractivity contribution in [1.82, 2.24) is 0 Å². The van der Waals surface area contributed by atoms with Crippen LogP contribution in [0.3, 0.4) is 0 Å². The molecule has 4 N–H and O–H groups in total. The van der Waals surface area contributed by atoms with Gasteiger partial charge in [0.05, 0.1) is 5.69 Å². The Morgan fingerprint density at radius 2 is 1.86 bits per heavy atom. The molecule has 0 amide bonds. The van der Waals surface area contributed by atoms with Crippen molar-refractivity contribution < 1.29 is 8.42 Å². The van der Waals surface area contributed by atoms with Crippen LogP contribution >= 0.6 is 15.9 Å². The monoisotopic (exact) mass is 369 g/mol. The summed E-state index contributed by atoms with van der Waals surface area (Å²) in [5.41, 5.74) is 7.86. The molecule has 0 heterocycles. The Kier molecular flexibility index (Phi) is 4.55. The van der Waals surface area contributed by atoms with Crippen molar-refractivity contribution in [2.75, 3.05) is 17.7 Å². The fraction of sp³-hybridized carbons (Fsp3) is 0.143. The van der Waals surface area contributed by atoms with Crippen molar-refractivity contribution in [3.05, 3.63) is 52.5 Å². The molecular formula is C14H16BrN3O2S. The summed E-state index contributed by atoms with van der Waals surface area (Å²) in [7, 11) is -1.89. The summed E-state index contributed by atoms with van der Waals surface area (Å²) in [6.07, 6.45) is 0. The first-order chi connectivity index (χ1) is 9.79. The first kappa shape index (κ1) is 15.8. The lowest BCUT2D eigenvalue weighted by molar-refractivity contribution is 0.598. The van der Waals surface area contributed by atoms with Gasteiger partial charge >= 0.3 is 0 Å². The summed E-state index contributed by atoms with van der Waals surface area (Å²) in [6, 6.07) is 12.6. The molecule has 2 aromatic rings. The zero-order valence-electron chi connectivity index (χ0n) is 11.5. The maximum Gasteiger partial charge on any atom is 0.240 e. The van der Waals surface area contributed by atoms with E-state index < -0.39 is 10.0 Å². The van der Waals surface area contributed by atoms with Crippen LogP contribution in [0.5, 0.6) is 0 Å². The van der Waals surface area contributed by atoms with Gasteiger partial charge in [-0.15, -0.1) is 0 Å². The standard InChI is InChI=1S/C14H16BrN3O2S/c1-18(9-10-4-2-3-5-12(10)15)11-6-7-14(13(16)8-11)21(17,19)20/h2-8H,9,16H2,1H3,(H2,17,19,20). The summed E-state index contributed by atoms with van der Waals surface area (Å²) in [4.78, 5) is 1.92. The Bertz CT molecular complexity index is 763. The minimum absolute atomic E-state index is 0.0551. The molecule has 0 atom stereocenters. The first-order valence-corrected chi connectivity index (χ1v) is 8.50. The highest BCUT2D eigenvalue weighted by atomic mass is 79.9. The molecule has 0 radical (unpaired) electrons. The van der Waals surface area contributed by atoms with Crippen molar-refractivity contribution >= 4 is 37.3 Å². The molecule has 0 spiro atoms. The molecule has 0 fully saturated rings. The van der Waals surface area contributed by atoms with Gasteiger partial charge in [-0.3, -0.25) is 0 Å². The summed E-state index contributed by atoms with van der Waals surface area (Å²) >= 11 is 3.50. The lowest BCUT2D eigenvalue weighted by atomic mass is 10.2.